The van der Waals surface area contributed by atoms with Gasteiger partial charge in [-0.25, -0.2) is 18.4 Å². The van der Waals surface area contributed by atoms with Gasteiger partial charge in [-0.05, 0) is 37.5 Å². The van der Waals surface area contributed by atoms with Crippen molar-refractivity contribution in [3.8, 4) is 5.75 Å². The highest BCUT2D eigenvalue weighted by Gasteiger charge is 2.54. The summed E-state index contributed by atoms with van der Waals surface area (Å²) in [6.45, 7) is 2.74. The predicted octanol–water partition coefficient (Wildman–Crippen LogP) is 3.25. The van der Waals surface area contributed by atoms with Crippen LogP contribution in [0.4, 0.5) is 22.0 Å². The van der Waals surface area contributed by atoms with Gasteiger partial charge in [0, 0.05) is 32.6 Å². The molecule has 196 valence electrons. The third kappa shape index (κ3) is 8.05. The molecule has 2 N–H and O–H groups in total. The highest BCUT2D eigenvalue weighted by molar-refractivity contribution is 5.84. The summed E-state index contributed by atoms with van der Waals surface area (Å²) >= 11 is 0. The standard InChI is InChI=1S/C20H26F2N2O4.C2HF3O2/c1-2-24-8-4-7-19(18(24)27)12-20(21,22)14-23(13-19)10-15-5-3-6-16(9-15)28-11-17(25)26;3-2(4,5)1(6)7/h3,5-6,9H,2,4,7-8,10-14H2,1H3,(H,25,26);(H,6,7). The lowest BCUT2D eigenvalue weighted by Crippen LogP contribution is -2.60. The smallest absolute Gasteiger partial charge is 0.482 e. The SMILES string of the molecule is CCN1CCCC2(CN(Cc3cccc(OCC(=O)O)c3)CC(F)(F)C2)C1=O.O=C(O)C(F)(F)F. The van der Waals surface area contributed by atoms with Gasteiger partial charge in [-0.1, -0.05) is 12.1 Å². The van der Waals surface area contributed by atoms with Gasteiger partial charge in [0.15, 0.2) is 6.61 Å². The molecule has 2 aliphatic heterocycles. The summed E-state index contributed by atoms with van der Waals surface area (Å²) in [5.74, 6) is -6.55. The Balaban J connectivity index is 0.000000540. The van der Waals surface area contributed by atoms with Crippen LogP contribution in [-0.4, -0.2) is 82.7 Å². The van der Waals surface area contributed by atoms with Crippen molar-refractivity contribution in [3.63, 3.8) is 0 Å². The van der Waals surface area contributed by atoms with E-state index >= 15 is 0 Å². The largest absolute Gasteiger partial charge is 0.490 e. The fourth-order valence-corrected chi connectivity index (χ4v) is 4.43. The van der Waals surface area contributed by atoms with Crippen molar-refractivity contribution < 1.29 is 51.3 Å². The minimum Gasteiger partial charge on any atom is -0.482 e. The molecule has 0 bridgehead atoms. The molecule has 8 nitrogen and oxygen atoms in total. The third-order valence-electron chi connectivity index (χ3n) is 5.69. The molecule has 2 saturated heterocycles. The lowest BCUT2D eigenvalue weighted by molar-refractivity contribution is -0.192. The summed E-state index contributed by atoms with van der Waals surface area (Å²) in [5, 5.41) is 15.8. The molecular weight excluding hydrogens is 483 g/mol. The van der Waals surface area contributed by atoms with E-state index in [0.717, 1.165) is 12.0 Å². The van der Waals surface area contributed by atoms with Gasteiger partial charge in [0.25, 0.3) is 5.92 Å². The van der Waals surface area contributed by atoms with Gasteiger partial charge >= 0.3 is 18.1 Å². The van der Waals surface area contributed by atoms with Gasteiger partial charge in [0.2, 0.25) is 5.91 Å². The molecule has 2 heterocycles. The molecule has 2 aliphatic rings. The Bertz CT molecular complexity index is 926. The molecule has 1 spiro atoms. The van der Waals surface area contributed by atoms with Crippen molar-refractivity contribution in [2.24, 2.45) is 5.41 Å². The Hall–Kier alpha value is -2.96. The van der Waals surface area contributed by atoms with Gasteiger partial charge in [-0.3, -0.25) is 9.69 Å². The Kier molecular flexibility index (Phi) is 9.04. The average Bonchev–Trinajstić information content (AvgIpc) is 2.73. The number of benzene rings is 1. The van der Waals surface area contributed by atoms with E-state index in [2.05, 4.69) is 0 Å². The highest BCUT2D eigenvalue weighted by atomic mass is 19.4. The van der Waals surface area contributed by atoms with Gasteiger partial charge in [0.05, 0.1) is 12.0 Å². The normalized spacial score (nSPS) is 22.3. The van der Waals surface area contributed by atoms with Crippen LogP contribution < -0.4 is 4.74 Å². The summed E-state index contributed by atoms with van der Waals surface area (Å²) in [5.41, 5.74) is -0.292. The Morgan fingerprint density at radius 1 is 1.17 bits per heavy atom. The number of nitrogens with zero attached hydrogens (tertiary/aromatic N) is 2. The first-order valence-electron chi connectivity index (χ1n) is 10.8. The predicted molar refractivity (Wildman–Crippen MR) is 112 cm³/mol. The number of carboxylic acid groups (broad SMARTS) is 2. The van der Waals surface area contributed by atoms with Crippen molar-refractivity contribution >= 4 is 17.8 Å². The fourth-order valence-electron chi connectivity index (χ4n) is 4.43. The van der Waals surface area contributed by atoms with Crippen LogP contribution in [0.25, 0.3) is 0 Å². The lowest BCUT2D eigenvalue weighted by Gasteiger charge is -2.49. The Labute approximate surface area is 198 Å². The van der Waals surface area contributed by atoms with Crippen LogP contribution in [0.1, 0.15) is 31.7 Å². The van der Waals surface area contributed by atoms with Gasteiger partial charge < -0.3 is 19.8 Å². The molecular formula is C22H27F5N2O6. The number of ether oxygens (including phenoxy) is 1. The van der Waals surface area contributed by atoms with Gasteiger partial charge in [-0.2, -0.15) is 13.2 Å². The van der Waals surface area contributed by atoms with Crippen molar-refractivity contribution in [3.05, 3.63) is 29.8 Å². The highest BCUT2D eigenvalue weighted by Crippen LogP contribution is 2.45. The Morgan fingerprint density at radius 3 is 2.40 bits per heavy atom. The van der Waals surface area contributed by atoms with E-state index in [4.69, 9.17) is 19.7 Å². The lowest BCUT2D eigenvalue weighted by atomic mass is 9.71. The first kappa shape index (κ1) is 28.3. The van der Waals surface area contributed by atoms with Crippen molar-refractivity contribution in [2.45, 2.75) is 44.8 Å². The van der Waals surface area contributed by atoms with Crippen LogP contribution in [0.15, 0.2) is 24.3 Å². The summed E-state index contributed by atoms with van der Waals surface area (Å²) < 4.78 is 66.1. The number of carbonyl (C=O) groups is 3. The van der Waals surface area contributed by atoms with Crippen molar-refractivity contribution in [1.29, 1.82) is 0 Å². The molecule has 1 unspecified atom stereocenters. The average molecular weight is 510 g/mol. The van der Waals surface area contributed by atoms with Crippen LogP contribution in [-0.2, 0) is 20.9 Å². The fraction of sp³-hybridized carbons (Fsp3) is 0.591. The second-order valence-corrected chi connectivity index (χ2v) is 8.58. The van der Waals surface area contributed by atoms with Crippen molar-refractivity contribution in [1.82, 2.24) is 9.80 Å². The zero-order valence-corrected chi connectivity index (χ0v) is 19.0. The number of halogens is 5. The topological polar surface area (TPSA) is 107 Å². The maximum absolute atomic E-state index is 14.6. The van der Waals surface area contributed by atoms with Gasteiger partial charge in [-0.15, -0.1) is 0 Å². The second-order valence-electron chi connectivity index (χ2n) is 8.58. The summed E-state index contributed by atoms with van der Waals surface area (Å²) in [4.78, 5) is 35.8. The van der Waals surface area contributed by atoms with Gasteiger partial charge in [0.1, 0.15) is 5.75 Å². The number of likely N-dealkylation sites (tertiary alicyclic amines) is 2. The van der Waals surface area contributed by atoms with Crippen LogP contribution in [0.3, 0.4) is 0 Å². The summed E-state index contributed by atoms with van der Waals surface area (Å²) in [6, 6.07) is 6.77. The number of hydrogen-bond acceptors (Lipinski definition) is 5. The third-order valence-corrected chi connectivity index (χ3v) is 5.69. The zero-order valence-electron chi connectivity index (χ0n) is 19.0. The molecule has 35 heavy (non-hydrogen) atoms. The molecule has 0 saturated carbocycles. The molecule has 1 aromatic carbocycles. The van der Waals surface area contributed by atoms with E-state index in [9.17, 15) is 31.5 Å². The summed E-state index contributed by atoms with van der Waals surface area (Å²) in [7, 11) is 0. The maximum atomic E-state index is 14.6. The Morgan fingerprint density at radius 2 is 1.83 bits per heavy atom. The second kappa shape index (κ2) is 11.2. The van der Waals surface area contributed by atoms with Crippen molar-refractivity contribution in [2.75, 3.05) is 32.8 Å². The van der Waals surface area contributed by atoms with E-state index < -0.39 is 49.0 Å². The zero-order chi connectivity index (χ0) is 26.4. The van der Waals surface area contributed by atoms with E-state index in [0.29, 0.717) is 31.8 Å². The van der Waals surface area contributed by atoms with E-state index in [1.165, 1.54) is 0 Å². The maximum Gasteiger partial charge on any atom is 0.490 e. The number of piperidine rings is 2. The van der Waals surface area contributed by atoms with Crippen LogP contribution in [0, 0.1) is 5.41 Å². The monoisotopic (exact) mass is 510 g/mol. The van der Waals surface area contributed by atoms with Crippen LogP contribution in [0.5, 0.6) is 5.75 Å². The molecule has 2 fully saturated rings. The number of carboxylic acids is 2. The molecule has 1 aromatic rings. The van der Waals surface area contributed by atoms with E-state index in [-0.39, 0.29) is 12.5 Å². The summed E-state index contributed by atoms with van der Waals surface area (Å²) in [6.07, 6.45) is -4.26. The molecule has 1 atom stereocenters. The number of rotatable bonds is 6. The number of amides is 1. The number of aliphatic carboxylic acids is 2. The molecule has 1 amide bonds. The molecule has 0 radical (unpaired) electrons. The molecule has 0 aliphatic carbocycles. The molecule has 3 rings (SSSR count). The van der Waals surface area contributed by atoms with Crippen LogP contribution >= 0.6 is 0 Å². The van der Waals surface area contributed by atoms with Crippen LogP contribution in [0.2, 0.25) is 0 Å². The van der Waals surface area contributed by atoms with E-state index in [1.54, 1.807) is 34.1 Å². The quantitative estimate of drug-likeness (QED) is 0.566. The first-order chi connectivity index (χ1) is 16.2. The minimum absolute atomic E-state index is 0.163. The molecule has 0 aromatic heterocycles. The number of carbonyl (C=O) groups excluding carboxylic acids is 1. The van der Waals surface area contributed by atoms with E-state index in [1.807, 2.05) is 6.92 Å². The molecule has 13 heteroatoms. The number of alkyl halides is 5. The minimum atomic E-state index is -5.08. The number of hydrogen-bond donors (Lipinski definition) is 2. The first-order valence-corrected chi connectivity index (χ1v) is 10.8.